The molecule has 0 saturated heterocycles. The molecular weight excluding hydrogens is 342 g/mol. The summed E-state index contributed by atoms with van der Waals surface area (Å²) in [7, 11) is -2.48. The maximum absolute atomic E-state index is 12.6. The van der Waals surface area contributed by atoms with Crippen LogP contribution in [0.3, 0.4) is 0 Å². The number of anilines is 1. The van der Waals surface area contributed by atoms with Gasteiger partial charge in [-0.15, -0.1) is 0 Å². The molecule has 1 aliphatic heterocycles. The van der Waals surface area contributed by atoms with E-state index in [2.05, 4.69) is 0 Å². The number of methoxy groups -OCH3 is 1. The Morgan fingerprint density at radius 2 is 1.88 bits per heavy atom. The predicted molar refractivity (Wildman–Crippen MR) is 93.6 cm³/mol. The molecule has 0 aliphatic carbocycles. The standard InChI is InChI=1S/C18H19NO5S/c1-12-9-14-10-17(7-8-18(14)19(12)13(2)20)25(21,22)24-16-6-4-5-15(11-16)23-3/h4-8,10-12H,9H2,1-3H3. The molecular formula is C18H19NO5S. The molecule has 0 radical (unpaired) electrons. The van der Waals surface area contributed by atoms with E-state index in [4.69, 9.17) is 8.92 Å². The van der Waals surface area contributed by atoms with Gasteiger partial charge in [0.15, 0.2) is 0 Å². The van der Waals surface area contributed by atoms with Crippen LogP contribution in [0.5, 0.6) is 11.5 Å². The van der Waals surface area contributed by atoms with Gasteiger partial charge in [0.2, 0.25) is 5.91 Å². The zero-order chi connectivity index (χ0) is 18.2. The van der Waals surface area contributed by atoms with Gasteiger partial charge in [0.05, 0.1) is 7.11 Å². The number of hydrogen-bond donors (Lipinski definition) is 0. The molecule has 1 heterocycles. The van der Waals surface area contributed by atoms with Crippen molar-refractivity contribution in [1.82, 2.24) is 0 Å². The summed E-state index contributed by atoms with van der Waals surface area (Å²) >= 11 is 0. The van der Waals surface area contributed by atoms with Crippen molar-refractivity contribution in [2.75, 3.05) is 12.0 Å². The topological polar surface area (TPSA) is 72.9 Å². The minimum absolute atomic E-state index is 0.00440. The summed E-state index contributed by atoms with van der Waals surface area (Å²) in [4.78, 5) is 13.5. The summed E-state index contributed by atoms with van der Waals surface area (Å²) in [6, 6.07) is 11.1. The van der Waals surface area contributed by atoms with Gasteiger partial charge >= 0.3 is 10.1 Å². The number of carbonyl (C=O) groups is 1. The van der Waals surface area contributed by atoms with Crippen LogP contribution in [-0.4, -0.2) is 27.5 Å². The molecule has 1 unspecified atom stereocenters. The van der Waals surface area contributed by atoms with E-state index in [1.807, 2.05) is 6.92 Å². The summed E-state index contributed by atoms with van der Waals surface area (Å²) in [6.45, 7) is 3.43. The highest BCUT2D eigenvalue weighted by atomic mass is 32.2. The third-order valence-electron chi connectivity index (χ3n) is 4.14. The number of amides is 1. The highest BCUT2D eigenvalue weighted by Crippen LogP contribution is 2.34. The fraction of sp³-hybridized carbons (Fsp3) is 0.278. The van der Waals surface area contributed by atoms with Gasteiger partial charge in [0.1, 0.15) is 16.4 Å². The van der Waals surface area contributed by atoms with Crippen LogP contribution >= 0.6 is 0 Å². The van der Waals surface area contributed by atoms with Crippen molar-refractivity contribution in [2.45, 2.75) is 31.2 Å². The summed E-state index contributed by atoms with van der Waals surface area (Å²) in [5.41, 5.74) is 1.57. The molecule has 132 valence electrons. The summed E-state index contributed by atoms with van der Waals surface area (Å²) in [5, 5.41) is 0. The minimum atomic E-state index is -3.97. The first-order valence-electron chi connectivity index (χ1n) is 7.83. The van der Waals surface area contributed by atoms with Gasteiger partial charge in [0.25, 0.3) is 0 Å². The second-order valence-electron chi connectivity index (χ2n) is 5.95. The highest BCUT2D eigenvalue weighted by molar-refractivity contribution is 7.87. The number of benzene rings is 2. The fourth-order valence-electron chi connectivity index (χ4n) is 3.07. The average Bonchev–Trinajstić information content (AvgIpc) is 2.89. The van der Waals surface area contributed by atoms with Gasteiger partial charge in [-0.2, -0.15) is 8.42 Å². The fourth-order valence-corrected chi connectivity index (χ4v) is 4.05. The summed E-state index contributed by atoms with van der Waals surface area (Å²) in [6.07, 6.45) is 0.609. The Labute approximate surface area is 147 Å². The first-order valence-corrected chi connectivity index (χ1v) is 9.24. The summed E-state index contributed by atoms with van der Waals surface area (Å²) in [5.74, 6) is 0.626. The molecule has 6 nitrogen and oxygen atoms in total. The zero-order valence-electron chi connectivity index (χ0n) is 14.2. The Morgan fingerprint density at radius 1 is 1.16 bits per heavy atom. The van der Waals surface area contributed by atoms with Crippen LogP contribution < -0.4 is 13.8 Å². The maximum Gasteiger partial charge on any atom is 0.339 e. The molecule has 0 N–H and O–H groups in total. The first kappa shape index (κ1) is 17.3. The molecule has 1 aliphatic rings. The summed E-state index contributed by atoms with van der Waals surface area (Å²) < 4.78 is 35.4. The molecule has 0 bridgehead atoms. The molecule has 1 atom stereocenters. The molecule has 2 aromatic rings. The number of nitrogens with zero attached hydrogens (tertiary/aromatic N) is 1. The van der Waals surface area contributed by atoms with Crippen LogP contribution in [0.1, 0.15) is 19.4 Å². The van der Waals surface area contributed by atoms with Gasteiger partial charge in [-0.3, -0.25) is 4.79 Å². The quantitative estimate of drug-likeness (QED) is 0.783. The Balaban J connectivity index is 1.91. The molecule has 25 heavy (non-hydrogen) atoms. The van der Waals surface area contributed by atoms with E-state index in [1.54, 1.807) is 35.2 Å². The van der Waals surface area contributed by atoms with E-state index < -0.39 is 10.1 Å². The van der Waals surface area contributed by atoms with Crippen LogP contribution in [-0.2, 0) is 21.3 Å². The number of ether oxygens (including phenoxy) is 1. The molecule has 0 saturated carbocycles. The third-order valence-corrected chi connectivity index (χ3v) is 5.38. The Kier molecular flexibility index (Phi) is 4.43. The monoisotopic (exact) mass is 361 g/mol. The van der Waals surface area contributed by atoms with E-state index in [1.165, 1.54) is 26.2 Å². The zero-order valence-corrected chi connectivity index (χ0v) is 15.0. The number of carbonyl (C=O) groups excluding carboxylic acids is 1. The van der Waals surface area contributed by atoms with Gasteiger partial charge in [-0.25, -0.2) is 0 Å². The van der Waals surface area contributed by atoms with Crippen molar-refractivity contribution in [1.29, 1.82) is 0 Å². The van der Waals surface area contributed by atoms with Gasteiger partial charge in [-0.05, 0) is 49.2 Å². The van der Waals surface area contributed by atoms with Crippen LogP contribution in [0, 0.1) is 0 Å². The molecule has 2 aromatic carbocycles. The van der Waals surface area contributed by atoms with E-state index in [0.717, 1.165) is 11.3 Å². The SMILES string of the molecule is COc1cccc(OS(=O)(=O)c2ccc3c(c2)CC(C)N3C(C)=O)c1. The number of hydrogen-bond acceptors (Lipinski definition) is 5. The van der Waals surface area contributed by atoms with E-state index in [0.29, 0.717) is 12.2 Å². The van der Waals surface area contributed by atoms with E-state index >= 15 is 0 Å². The lowest BCUT2D eigenvalue weighted by atomic mass is 10.1. The normalized spacial score (nSPS) is 16.4. The lowest BCUT2D eigenvalue weighted by Crippen LogP contribution is -2.33. The smallest absolute Gasteiger partial charge is 0.339 e. The van der Waals surface area contributed by atoms with Crippen molar-refractivity contribution in [3.8, 4) is 11.5 Å². The first-order chi connectivity index (χ1) is 11.8. The van der Waals surface area contributed by atoms with Crippen LogP contribution in [0.2, 0.25) is 0 Å². The van der Waals surface area contributed by atoms with Gasteiger partial charge in [0, 0.05) is 24.7 Å². The number of rotatable bonds is 4. The highest BCUT2D eigenvalue weighted by Gasteiger charge is 2.30. The van der Waals surface area contributed by atoms with Crippen LogP contribution in [0.25, 0.3) is 0 Å². The van der Waals surface area contributed by atoms with Crippen molar-refractivity contribution in [3.63, 3.8) is 0 Å². The second kappa shape index (κ2) is 6.40. The maximum atomic E-state index is 12.6. The lowest BCUT2D eigenvalue weighted by Gasteiger charge is -2.20. The Morgan fingerprint density at radius 3 is 2.56 bits per heavy atom. The predicted octanol–water partition coefficient (Wildman–Crippen LogP) is 2.76. The van der Waals surface area contributed by atoms with Gasteiger partial charge in [-0.1, -0.05) is 6.07 Å². The van der Waals surface area contributed by atoms with E-state index in [-0.39, 0.29) is 22.6 Å². The minimum Gasteiger partial charge on any atom is -0.497 e. The van der Waals surface area contributed by atoms with Crippen LogP contribution in [0.4, 0.5) is 5.69 Å². The molecule has 0 spiro atoms. The van der Waals surface area contributed by atoms with Crippen molar-refractivity contribution in [3.05, 3.63) is 48.0 Å². The molecule has 0 aromatic heterocycles. The Hall–Kier alpha value is -2.54. The van der Waals surface area contributed by atoms with Crippen molar-refractivity contribution >= 4 is 21.7 Å². The molecule has 7 heteroatoms. The van der Waals surface area contributed by atoms with Gasteiger partial charge < -0.3 is 13.8 Å². The lowest BCUT2D eigenvalue weighted by molar-refractivity contribution is -0.116. The number of fused-ring (bicyclic) bond motifs is 1. The van der Waals surface area contributed by atoms with Crippen molar-refractivity contribution in [2.24, 2.45) is 0 Å². The molecule has 0 fully saturated rings. The Bertz CT molecular complexity index is 923. The van der Waals surface area contributed by atoms with Crippen LogP contribution in [0.15, 0.2) is 47.4 Å². The average molecular weight is 361 g/mol. The third kappa shape index (κ3) is 3.32. The molecule has 1 amide bonds. The van der Waals surface area contributed by atoms with E-state index in [9.17, 15) is 13.2 Å². The second-order valence-corrected chi connectivity index (χ2v) is 7.50. The largest absolute Gasteiger partial charge is 0.497 e. The molecule has 3 rings (SSSR count). The van der Waals surface area contributed by atoms with Crippen molar-refractivity contribution < 1.29 is 22.1 Å².